The number of benzene rings is 2. The van der Waals surface area contributed by atoms with Gasteiger partial charge in [-0.3, -0.25) is 9.80 Å². The molecule has 0 amide bonds. The summed E-state index contributed by atoms with van der Waals surface area (Å²) >= 11 is 0. The molecule has 2 aromatic carbocycles. The number of halogens is 1. The van der Waals surface area contributed by atoms with Gasteiger partial charge in [-0.2, -0.15) is 0 Å². The van der Waals surface area contributed by atoms with Crippen molar-refractivity contribution in [1.29, 1.82) is 0 Å². The lowest BCUT2D eigenvalue weighted by Crippen LogP contribution is -2.40. The van der Waals surface area contributed by atoms with Crippen molar-refractivity contribution in [3.05, 3.63) is 59.4 Å². The van der Waals surface area contributed by atoms with E-state index >= 15 is 0 Å². The zero-order valence-electron chi connectivity index (χ0n) is 19.0. The van der Waals surface area contributed by atoms with Crippen molar-refractivity contribution in [1.82, 2.24) is 9.80 Å². The Kier molecular flexibility index (Phi) is 8.00. The van der Waals surface area contributed by atoms with Gasteiger partial charge in [0.1, 0.15) is 5.82 Å². The number of aromatic hydroxyl groups is 1. The van der Waals surface area contributed by atoms with Crippen LogP contribution in [0.25, 0.3) is 0 Å². The predicted octanol–water partition coefficient (Wildman–Crippen LogP) is 4.43. The summed E-state index contributed by atoms with van der Waals surface area (Å²) in [5.74, 6) is 1.21. The molecule has 1 N–H and O–H groups in total. The first kappa shape index (κ1) is 23.0. The van der Waals surface area contributed by atoms with Crippen LogP contribution in [0.3, 0.4) is 0 Å². The molecule has 2 aliphatic rings. The minimum Gasteiger partial charge on any atom is -0.504 e. The van der Waals surface area contributed by atoms with Crippen LogP contribution in [-0.2, 0) is 17.8 Å². The van der Waals surface area contributed by atoms with Gasteiger partial charge < -0.3 is 14.6 Å². The van der Waals surface area contributed by atoms with Crippen molar-refractivity contribution in [3.8, 4) is 11.5 Å². The number of methoxy groups -OCH3 is 1. The van der Waals surface area contributed by atoms with Gasteiger partial charge in [0.05, 0.1) is 13.2 Å². The molecule has 6 heteroatoms. The maximum atomic E-state index is 14.0. The summed E-state index contributed by atoms with van der Waals surface area (Å²) in [6.45, 7) is 6.02. The standard InChI is InChI=1S/C26H35FN2O3/c1-31-25-10-4-7-22(26(25)30)18-29(19-23-8-5-15-32-23)16-20-11-13-28(14-12-20)17-21-6-2-3-9-24(21)27/h2-4,6-7,9-10,20,23,30H,5,8,11-19H2,1H3/t23-/m0/s1. The molecule has 32 heavy (non-hydrogen) atoms. The lowest BCUT2D eigenvalue weighted by Gasteiger charge is -2.35. The molecule has 2 fully saturated rings. The molecule has 2 heterocycles. The topological polar surface area (TPSA) is 45.2 Å². The Labute approximate surface area is 190 Å². The van der Waals surface area contributed by atoms with Gasteiger partial charge in [-0.05, 0) is 56.8 Å². The molecular formula is C26H35FN2O3. The molecule has 0 radical (unpaired) electrons. The molecule has 2 aliphatic heterocycles. The van der Waals surface area contributed by atoms with Crippen LogP contribution in [0.4, 0.5) is 4.39 Å². The normalized spacial score (nSPS) is 20.2. The van der Waals surface area contributed by atoms with Crippen molar-refractivity contribution >= 4 is 0 Å². The number of hydrogen-bond acceptors (Lipinski definition) is 5. The predicted molar refractivity (Wildman–Crippen MR) is 123 cm³/mol. The third-order valence-corrected chi connectivity index (χ3v) is 6.76. The molecular weight excluding hydrogens is 407 g/mol. The van der Waals surface area contributed by atoms with Gasteiger partial charge in [0.15, 0.2) is 11.5 Å². The van der Waals surface area contributed by atoms with Crippen LogP contribution in [-0.4, -0.2) is 60.9 Å². The Morgan fingerprint density at radius 3 is 2.56 bits per heavy atom. The first-order valence-corrected chi connectivity index (χ1v) is 11.8. The van der Waals surface area contributed by atoms with Gasteiger partial charge in [0.25, 0.3) is 0 Å². The van der Waals surface area contributed by atoms with Gasteiger partial charge in [-0.1, -0.05) is 30.3 Å². The Morgan fingerprint density at radius 1 is 1.06 bits per heavy atom. The number of phenolic OH excluding ortho intramolecular Hbond substituents is 1. The van der Waals surface area contributed by atoms with E-state index in [-0.39, 0.29) is 17.7 Å². The Bertz CT molecular complexity index is 864. The van der Waals surface area contributed by atoms with E-state index in [4.69, 9.17) is 9.47 Å². The third kappa shape index (κ3) is 6.00. The fourth-order valence-electron chi connectivity index (χ4n) is 4.94. The number of para-hydroxylation sites is 1. The molecule has 2 saturated heterocycles. The third-order valence-electron chi connectivity index (χ3n) is 6.76. The molecule has 2 aromatic rings. The molecule has 0 spiro atoms. The quantitative estimate of drug-likeness (QED) is 0.622. The summed E-state index contributed by atoms with van der Waals surface area (Å²) < 4.78 is 25.2. The number of ether oxygens (including phenoxy) is 2. The monoisotopic (exact) mass is 442 g/mol. The van der Waals surface area contributed by atoms with Crippen LogP contribution in [0.2, 0.25) is 0 Å². The minimum absolute atomic E-state index is 0.115. The van der Waals surface area contributed by atoms with Crippen LogP contribution in [0.1, 0.15) is 36.8 Å². The molecule has 0 aliphatic carbocycles. The van der Waals surface area contributed by atoms with Gasteiger partial charge in [0.2, 0.25) is 0 Å². The van der Waals surface area contributed by atoms with Gasteiger partial charge >= 0.3 is 0 Å². The summed E-state index contributed by atoms with van der Waals surface area (Å²) in [7, 11) is 1.58. The Hall–Kier alpha value is -2.15. The van der Waals surface area contributed by atoms with Crippen molar-refractivity contribution in [2.75, 3.05) is 39.9 Å². The fraction of sp³-hybridized carbons (Fsp3) is 0.538. The molecule has 0 aromatic heterocycles. The van der Waals surface area contributed by atoms with Crippen LogP contribution in [0.5, 0.6) is 11.5 Å². The SMILES string of the molecule is COc1cccc(CN(CC2CCN(Cc3ccccc3F)CC2)C[C@@H]2CCCO2)c1O. The Morgan fingerprint density at radius 2 is 1.84 bits per heavy atom. The highest BCUT2D eigenvalue weighted by Crippen LogP contribution is 2.31. The lowest BCUT2D eigenvalue weighted by atomic mass is 9.95. The molecule has 0 bridgehead atoms. The minimum atomic E-state index is -0.115. The van der Waals surface area contributed by atoms with Crippen LogP contribution in [0, 0.1) is 11.7 Å². The second kappa shape index (κ2) is 11.1. The van der Waals surface area contributed by atoms with E-state index in [9.17, 15) is 9.50 Å². The van der Waals surface area contributed by atoms with Crippen molar-refractivity contribution in [2.24, 2.45) is 5.92 Å². The lowest BCUT2D eigenvalue weighted by molar-refractivity contribution is 0.0566. The molecule has 0 unspecified atom stereocenters. The van der Waals surface area contributed by atoms with Crippen LogP contribution >= 0.6 is 0 Å². The summed E-state index contributed by atoms with van der Waals surface area (Å²) in [4.78, 5) is 4.79. The first-order chi connectivity index (χ1) is 15.6. The van der Waals surface area contributed by atoms with Crippen LogP contribution < -0.4 is 4.74 Å². The van der Waals surface area contributed by atoms with E-state index in [0.29, 0.717) is 24.8 Å². The number of likely N-dealkylation sites (tertiary alicyclic amines) is 1. The number of piperidine rings is 1. The largest absolute Gasteiger partial charge is 0.504 e. The smallest absolute Gasteiger partial charge is 0.162 e. The molecule has 1 atom stereocenters. The van der Waals surface area contributed by atoms with Crippen molar-refractivity contribution in [2.45, 2.75) is 44.9 Å². The average molecular weight is 443 g/mol. The summed E-state index contributed by atoms with van der Waals surface area (Å²) in [6, 6.07) is 12.8. The van der Waals surface area contributed by atoms with Gasteiger partial charge in [-0.15, -0.1) is 0 Å². The van der Waals surface area contributed by atoms with E-state index < -0.39 is 0 Å². The zero-order valence-corrected chi connectivity index (χ0v) is 19.0. The summed E-state index contributed by atoms with van der Waals surface area (Å²) in [5, 5.41) is 10.6. The van der Waals surface area contributed by atoms with Crippen molar-refractivity contribution in [3.63, 3.8) is 0 Å². The van der Waals surface area contributed by atoms with Gasteiger partial charge in [-0.25, -0.2) is 4.39 Å². The van der Waals surface area contributed by atoms with Crippen LogP contribution in [0.15, 0.2) is 42.5 Å². The second-order valence-electron chi connectivity index (χ2n) is 9.11. The molecule has 0 saturated carbocycles. The maximum absolute atomic E-state index is 14.0. The second-order valence-corrected chi connectivity index (χ2v) is 9.11. The molecule has 5 nitrogen and oxygen atoms in total. The highest BCUT2D eigenvalue weighted by atomic mass is 19.1. The highest BCUT2D eigenvalue weighted by molar-refractivity contribution is 5.45. The van der Waals surface area contributed by atoms with E-state index in [1.165, 1.54) is 0 Å². The van der Waals surface area contributed by atoms with E-state index in [1.807, 2.05) is 24.3 Å². The van der Waals surface area contributed by atoms with E-state index in [1.54, 1.807) is 25.3 Å². The summed E-state index contributed by atoms with van der Waals surface area (Å²) in [6.07, 6.45) is 4.68. The maximum Gasteiger partial charge on any atom is 0.162 e. The molecule has 174 valence electrons. The van der Waals surface area contributed by atoms with E-state index in [2.05, 4.69) is 9.80 Å². The fourth-order valence-corrected chi connectivity index (χ4v) is 4.94. The van der Waals surface area contributed by atoms with Crippen molar-refractivity contribution < 1.29 is 19.0 Å². The first-order valence-electron chi connectivity index (χ1n) is 11.8. The number of hydrogen-bond donors (Lipinski definition) is 1. The highest BCUT2D eigenvalue weighted by Gasteiger charge is 2.26. The Balaban J connectivity index is 1.35. The zero-order chi connectivity index (χ0) is 22.3. The average Bonchev–Trinajstić information content (AvgIpc) is 3.31. The number of rotatable bonds is 9. The summed E-state index contributed by atoms with van der Waals surface area (Å²) in [5.41, 5.74) is 1.67. The van der Waals surface area contributed by atoms with E-state index in [0.717, 1.165) is 69.6 Å². The number of phenols is 1. The molecule has 4 rings (SSSR count). The number of nitrogens with zero attached hydrogens (tertiary/aromatic N) is 2. The van der Waals surface area contributed by atoms with Gasteiger partial charge in [0, 0.05) is 43.9 Å².